The van der Waals surface area contributed by atoms with Crippen LogP contribution in [0.15, 0.2) is 48.5 Å². The molecule has 0 spiro atoms. The first kappa shape index (κ1) is 13.7. The van der Waals surface area contributed by atoms with Crippen LogP contribution in [0.2, 0.25) is 0 Å². The fourth-order valence-electron chi connectivity index (χ4n) is 1.39. The number of benzene rings is 2. The maximum absolute atomic E-state index is 9.79. The third kappa shape index (κ3) is 5.47. The van der Waals surface area contributed by atoms with Gasteiger partial charge in [0.15, 0.2) is 0 Å². The first-order valence-electron chi connectivity index (χ1n) is 5.42. The molecule has 0 unspecified atom stereocenters. The van der Waals surface area contributed by atoms with Gasteiger partial charge in [-0.3, -0.25) is 4.55 Å². The number of hydrogen-bond acceptors (Lipinski definition) is 2. The predicted octanol–water partition coefficient (Wildman–Crippen LogP) is 3.12. The van der Waals surface area contributed by atoms with Crippen molar-refractivity contribution in [3.05, 3.63) is 48.5 Å². The van der Waals surface area contributed by atoms with Crippen molar-refractivity contribution in [1.82, 2.24) is 0 Å². The molecule has 0 amide bonds. The van der Waals surface area contributed by atoms with E-state index in [1.165, 1.54) is 10.8 Å². The van der Waals surface area contributed by atoms with E-state index in [0.717, 1.165) is 0 Å². The highest BCUT2D eigenvalue weighted by Gasteiger charge is 1.98. The van der Waals surface area contributed by atoms with Crippen LogP contribution in [-0.4, -0.2) is 18.7 Å². The Hall–Kier alpha value is -1.39. The third-order valence-corrected chi connectivity index (χ3v) is 3.04. The van der Waals surface area contributed by atoms with Gasteiger partial charge >= 0.3 is 0 Å². The lowest BCUT2D eigenvalue weighted by molar-refractivity contribution is 0.482. The second-order valence-corrected chi connectivity index (χ2v) is 5.21. The van der Waals surface area contributed by atoms with Crippen molar-refractivity contribution in [2.75, 3.05) is 5.75 Å². The average molecular weight is 252 g/mol. The summed E-state index contributed by atoms with van der Waals surface area (Å²) in [6, 6.07) is 16.7. The SMILES string of the molecule is CCCS(=O)(=O)O.c1ccc2ccccc2c1. The summed E-state index contributed by atoms with van der Waals surface area (Å²) in [5.74, 6) is -0.132. The van der Waals surface area contributed by atoms with Crippen LogP contribution in [0.4, 0.5) is 0 Å². The molecular weight excluding hydrogens is 236 g/mol. The Morgan fingerprint density at radius 2 is 1.29 bits per heavy atom. The molecule has 0 atom stereocenters. The van der Waals surface area contributed by atoms with Gasteiger partial charge in [-0.2, -0.15) is 8.42 Å². The maximum atomic E-state index is 9.79. The molecule has 0 saturated carbocycles. The molecule has 1 N–H and O–H groups in total. The third-order valence-electron chi connectivity index (χ3n) is 2.12. The minimum atomic E-state index is -3.67. The van der Waals surface area contributed by atoms with Crippen molar-refractivity contribution in [3.8, 4) is 0 Å². The van der Waals surface area contributed by atoms with E-state index in [2.05, 4.69) is 48.5 Å². The topological polar surface area (TPSA) is 54.4 Å². The van der Waals surface area contributed by atoms with Gasteiger partial charge in [0.1, 0.15) is 0 Å². The Bertz CT molecular complexity index is 496. The smallest absolute Gasteiger partial charge is 0.264 e. The molecule has 0 saturated heterocycles. The summed E-state index contributed by atoms with van der Waals surface area (Å²) in [7, 11) is -3.67. The number of fused-ring (bicyclic) bond motifs is 1. The van der Waals surface area contributed by atoms with E-state index in [-0.39, 0.29) is 5.75 Å². The first-order chi connectivity index (χ1) is 8.03. The summed E-state index contributed by atoms with van der Waals surface area (Å²) in [6.45, 7) is 1.69. The van der Waals surface area contributed by atoms with Gasteiger partial charge in [-0.1, -0.05) is 55.5 Å². The van der Waals surface area contributed by atoms with Crippen LogP contribution in [0.1, 0.15) is 13.3 Å². The number of rotatable bonds is 2. The quantitative estimate of drug-likeness (QED) is 0.835. The normalized spacial score (nSPS) is 10.7. The van der Waals surface area contributed by atoms with Crippen molar-refractivity contribution in [1.29, 1.82) is 0 Å². The largest absolute Gasteiger partial charge is 0.286 e. The standard InChI is InChI=1S/C10H8.C3H8O3S/c1-2-6-10-8-4-3-7-9(10)5-1;1-2-3-7(4,5)6/h1-8H;2-3H2,1H3,(H,4,5,6). The number of hydrogen-bond donors (Lipinski definition) is 1. The average Bonchev–Trinajstić information content (AvgIpc) is 2.28. The second-order valence-electron chi connectivity index (χ2n) is 3.63. The summed E-state index contributed by atoms with van der Waals surface area (Å²) >= 11 is 0. The Morgan fingerprint density at radius 1 is 0.941 bits per heavy atom. The van der Waals surface area contributed by atoms with Crippen molar-refractivity contribution in [2.24, 2.45) is 0 Å². The van der Waals surface area contributed by atoms with Gasteiger partial charge in [0, 0.05) is 0 Å². The van der Waals surface area contributed by atoms with E-state index in [1.807, 2.05) is 0 Å². The van der Waals surface area contributed by atoms with Gasteiger partial charge in [-0.05, 0) is 17.2 Å². The molecule has 0 aromatic heterocycles. The lowest BCUT2D eigenvalue weighted by atomic mass is 10.1. The van der Waals surface area contributed by atoms with E-state index in [1.54, 1.807) is 6.92 Å². The van der Waals surface area contributed by atoms with Gasteiger partial charge in [-0.15, -0.1) is 0 Å². The molecule has 92 valence electrons. The van der Waals surface area contributed by atoms with E-state index in [9.17, 15) is 8.42 Å². The van der Waals surface area contributed by atoms with Crippen molar-refractivity contribution in [2.45, 2.75) is 13.3 Å². The molecule has 0 heterocycles. The van der Waals surface area contributed by atoms with Crippen LogP contribution < -0.4 is 0 Å². The van der Waals surface area contributed by atoms with Crippen molar-refractivity contribution in [3.63, 3.8) is 0 Å². The molecule has 2 aromatic carbocycles. The van der Waals surface area contributed by atoms with Gasteiger partial charge < -0.3 is 0 Å². The zero-order valence-corrected chi connectivity index (χ0v) is 10.5. The first-order valence-corrected chi connectivity index (χ1v) is 7.03. The lowest BCUT2D eigenvalue weighted by Gasteiger charge is -1.92. The molecule has 0 aliphatic rings. The minimum absolute atomic E-state index is 0.132. The Morgan fingerprint density at radius 3 is 1.47 bits per heavy atom. The minimum Gasteiger partial charge on any atom is -0.286 e. The monoisotopic (exact) mass is 252 g/mol. The van der Waals surface area contributed by atoms with Crippen LogP contribution in [0.5, 0.6) is 0 Å². The predicted molar refractivity (Wildman–Crippen MR) is 70.7 cm³/mol. The molecule has 0 radical (unpaired) electrons. The van der Waals surface area contributed by atoms with Crippen LogP contribution in [0, 0.1) is 0 Å². The Kier molecular flexibility index (Phi) is 5.12. The highest BCUT2D eigenvalue weighted by Crippen LogP contribution is 2.11. The van der Waals surface area contributed by atoms with E-state index in [0.29, 0.717) is 6.42 Å². The molecule has 4 heteroatoms. The highest BCUT2D eigenvalue weighted by molar-refractivity contribution is 7.85. The van der Waals surface area contributed by atoms with E-state index < -0.39 is 10.1 Å². The van der Waals surface area contributed by atoms with Gasteiger partial charge in [0.05, 0.1) is 5.75 Å². The zero-order valence-electron chi connectivity index (χ0n) is 9.70. The van der Waals surface area contributed by atoms with Crippen molar-refractivity contribution >= 4 is 20.9 Å². The highest BCUT2D eigenvalue weighted by atomic mass is 32.2. The molecule has 0 aliphatic carbocycles. The molecule has 0 aliphatic heterocycles. The molecule has 0 bridgehead atoms. The zero-order chi connectivity index (χ0) is 12.7. The van der Waals surface area contributed by atoms with Gasteiger partial charge in [0.25, 0.3) is 10.1 Å². The molecule has 2 aromatic rings. The van der Waals surface area contributed by atoms with Crippen molar-refractivity contribution < 1.29 is 13.0 Å². The van der Waals surface area contributed by atoms with Crippen LogP contribution >= 0.6 is 0 Å². The summed E-state index contributed by atoms with van der Waals surface area (Å²) in [5.41, 5.74) is 0. The Balaban J connectivity index is 0.000000185. The van der Waals surface area contributed by atoms with Gasteiger partial charge in [-0.25, -0.2) is 0 Å². The molecular formula is C13H16O3S. The summed E-state index contributed by atoms with van der Waals surface area (Å²) in [4.78, 5) is 0. The van der Waals surface area contributed by atoms with E-state index in [4.69, 9.17) is 4.55 Å². The van der Waals surface area contributed by atoms with Crippen LogP contribution in [0.25, 0.3) is 10.8 Å². The van der Waals surface area contributed by atoms with Gasteiger partial charge in [0.2, 0.25) is 0 Å². The summed E-state index contributed by atoms with van der Waals surface area (Å²) < 4.78 is 27.6. The molecule has 0 fully saturated rings. The molecule has 3 nitrogen and oxygen atoms in total. The second kappa shape index (κ2) is 6.37. The maximum Gasteiger partial charge on any atom is 0.264 e. The summed E-state index contributed by atoms with van der Waals surface area (Å²) in [6.07, 6.45) is 0.471. The summed E-state index contributed by atoms with van der Waals surface area (Å²) in [5, 5.41) is 2.62. The lowest BCUT2D eigenvalue weighted by Crippen LogP contribution is -2.01. The molecule has 17 heavy (non-hydrogen) atoms. The van der Waals surface area contributed by atoms with Crippen LogP contribution in [-0.2, 0) is 10.1 Å². The van der Waals surface area contributed by atoms with E-state index >= 15 is 0 Å². The molecule has 2 rings (SSSR count). The van der Waals surface area contributed by atoms with Crippen LogP contribution in [0.3, 0.4) is 0 Å². The fourth-order valence-corrected chi connectivity index (χ4v) is 1.91. The fraction of sp³-hybridized carbons (Fsp3) is 0.231. The Labute approximate surface area is 102 Å².